The predicted octanol–water partition coefficient (Wildman–Crippen LogP) is 4.14. The van der Waals surface area contributed by atoms with E-state index < -0.39 is 11.8 Å². The van der Waals surface area contributed by atoms with Crippen LogP contribution in [0, 0.1) is 5.92 Å². The molecule has 3 rings (SSSR count). The molecule has 2 aromatic carbocycles. The van der Waals surface area contributed by atoms with Crippen LogP contribution < -0.4 is 15.0 Å². The van der Waals surface area contributed by atoms with Gasteiger partial charge in [0.15, 0.2) is 0 Å². The van der Waals surface area contributed by atoms with E-state index in [1.807, 2.05) is 6.07 Å². The van der Waals surface area contributed by atoms with Crippen LogP contribution in [0.5, 0.6) is 5.75 Å². The van der Waals surface area contributed by atoms with Crippen molar-refractivity contribution in [2.45, 2.75) is 6.92 Å². The van der Waals surface area contributed by atoms with Gasteiger partial charge in [-0.1, -0.05) is 18.2 Å². The first-order valence-corrected chi connectivity index (χ1v) is 9.28. The average Bonchev–Trinajstić information content (AvgIpc) is 3.28. The Labute approximate surface area is 175 Å². The van der Waals surface area contributed by atoms with E-state index in [9.17, 15) is 9.59 Å². The van der Waals surface area contributed by atoms with Crippen LogP contribution in [0.25, 0.3) is 11.5 Å². The predicted molar refractivity (Wildman–Crippen MR) is 115 cm³/mol. The minimum atomic E-state index is -1.04. The summed E-state index contributed by atoms with van der Waals surface area (Å²) >= 11 is 0. The maximum atomic E-state index is 13.1. The lowest BCUT2D eigenvalue weighted by molar-refractivity contribution is -0.129. The first kappa shape index (κ1) is 20.9. The molecule has 0 fully saturated rings. The van der Waals surface area contributed by atoms with Crippen molar-refractivity contribution in [2.24, 2.45) is 5.92 Å². The normalized spacial score (nSPS) is 11.4. The third-order valence-electron chi connectivity index (χ3n) is 4.60. The van der Waals surface area contributed by atoms with E-state index in [0.717, 1.165) is 0 Å². The standard InChI is InChI=1S/C23H23N3O4/c1-15(2)20(23(28)26(3)18-8-10-19(29-4)11-9-18)21(27)25-17-7-5-6-16(14-17)22-24-12-13-30-22/h5-14,20H,1H2,2-4H3,(H,25,27). The molecule has 1 unspecified atom stereocenters. The number of carbonyl (C=O) groups excluding carboxylic acids is 2. The quantitative estimate of drug-likeness (QED) is 0.472. The molecular formula is C23H23N3O4. The Morgan fingerprint density at radius 1 is 1.20 bits per heavy atom. The minimum absolute atomic E-state index is 0.381. The first-order chi connectivity index (χ1) is 14.4. The summed E-state index contributed by atoms with van der Waals surface area (Å²) in [5, 5.41) is 2.79. The number of ether oxygens (including phenoxy) is 1. The van der Waals surface area contributed by atoms with Crippen LogP contribution in [-0.4, -0.2) is 31.0 Å². The second kappa shape index (κ2) is 9.09. The lowest BCUT2D eigenvalue weighted by Crippen LogP contribution is -2.40. The Kier molecular flexibility index (Phi) is 6.32. The molecule has 1 aromatic heterocycles. The number of carbonyl (C=O) groups is 2. The van der Waals surface area contributed by atoms with Crippen LogP contribution in [0.4, 0.5) is 11.4 Å². The highest BCUT2D eigenvalue weighted by atomic mass is 16.5. The summed E-state index contributed by atoms with van der Waals surface area (Å²) in [5.74, 6) is -0.758. The molecule has 1 atom stereocenters. The van der Waals surface area contributed by atoms with Crippen molar-refractivity contribution >= 4 is 23.2 Å². The monoisotopic (exact) mass is 405 g/mol. The first-order valence-electron chi connectivity index (χ1n) is 9.28. The van der Waals surface area contributed by atoms with Gasteiger partial charge in [0.05, 0.1) is 13.3 Å². The molecule has 0 aliphatic heterocycles. The molecule has 1 heterocycles. The highest BCUT2D eigenvalue weighted by Crippen LogP contribution is 2.24. The highest BCUT2D eigenvalue weighted by Gasteiger charge is 2.31. The van der Waals surface area contributed by atoms with Crippen molar-refractivity contribution in [1.82, 2.24) is 4.98 Å². The number of hydrogen-bond acceptors (Lipinski definition) is 5. The van der Waals surface area contributed by atoms with Crippen LogP contribution >= 0.6 is 0 Å². The maximum Gasteiger partial charge on any atom is 0.243 e. The van der Waals surface area contributed by atoms with E-state index in [1.165, 1.54) is 11.2 Å². The fourth-order valence-corrected chi connectivity index (χ4v) is 2.98. The third-order valence-corrected chi connectivity index (χ3v) is 4.60. The number of methoxy groups -OCH3 is 1. The number of aromatic nitrogens is 1. The van der Waals surface area contributed by atoms with Gasteiger partial charge >= 0.3 is 0 Å². The highest BCUT2D eigenvalue weighted by molar-refractivity contribution is 6.13. The Morgan fingerprint density at radius 3 is 2.53 bits per heavy atom. The zero-order chi connectivity index (χ0) is 21.7. The minimum Gasteiger partial charge on any atom is -0.497 e. The lowest BCUT2D eigenvalue weighted by atomic mass is 9.98. The van der Waals surface area contributed by atoms with Crippen molar-refractivity contribution in [3.8, 4) is 17.2 Å². The van der Waals surface area contributed by atoms with Gasteiger partial charge in [-0.3, -0.25) is 9.59 Å². The van der Waals surface area contributed by atoms with Crippen LogP contribution in [-0.2, 0) is 9.59 Å². The number of benzene rings is 2. The summed E-state index contributed by atoms with van der Waals surface area (Å²) in [4.78, 5) is 31.6. The molecule has 0 aliphatic carbocycles. The van der Waals surface area contributed by atoms with Gasteiger partial charge in [0.1, 0.15) is 17.9 Å². The summed E-state index contributed by atoms with van der Waals surface area (Å²) in [6.07, 6.45) is 3.02. The lowest BCUT2D eigenvalue weighted by Gasteiger charge is -2.24. The number of rotatable bonds is 7. The van der Waals surface area contributed by atoms with Gasteiger partial charge in [-0.05, 0) is 49.4 Å². The van der Waals surface area contributed by atoms with Crippen LogP contribution in [0.3, 0.4) is 0 Å². The van der Waals surface area contributed by atoms with Crippen molar-refractivity contribution in [2.75, 3.05) is 24.4 Å². The van der Waals surface area contributed by atoms with E-state index in [4.69, 9.17) is 9.15 Å². The molecule has 0 aliphatic rings. The Bertz CT molecular complexity index is 1040. The van der Waals surface area contributed by atoms with Crippen molar-refractivity contribution in [3.05, 3.63) is 73.1 Å². The van der Waals surface area contributed by atoms with Gasteiger partial charge in [-0.25, -0.2) is 4.98 Å². The van der Waals surface area contributed by atoms with Gasteiger partial charge in [-0.15, -0.1) is 0 Å². The SMILES string of the molecule is C=C(C)C(C(=O)Nc1cccc(-c2ncco2)c1)C(=O)N(C)c1ccc(OC)cc1. The number of hydrogen-bond donors (Lipinski definition) is 1. The van der Waals surface area contributed by atoms with Crippen molar-refractivity contribution < 1.29 is 18.7 Å². The zero-order valence-corrected chi connectivity index (χ0v) is 17.1. The summed E-state index contributed by atoms with van der Waals surface area (Å²) < 4.78 is 10.4. The van der Waals surface area contributed by atoms with Gasteiger partial charge in [-0.2, -0.15) is 0 Å². The molecule has 7 nitrogen and oxygen atoms in total. The number of oxazole rings is 1. The van der Waals surface area contributed by atoms with E-state index in [0.29, 0.717) is 34.2 Å². The molecule has 0 radical (unpaired) electrons. The molecular weight excluding hydrogens is 382 g/mol. The fourth-order valence-electron chi connectivity index (χ4n) is 2.98. The summed E-state index contributed by atoms with van der Waals surface area (Å²) in [6, 6.07) is 14.1. The average molecular weight is 405 g/mol. The largest absolute Gasteiger partial charge is 0.497 e. The third kappa shape index (κ3) is 4.57. The Morgan fingerprint density at radius 2 is 1.93 bits per heavy atom. The molecule has 3 aromatic rings. The maximum absolute atomic E-state index is 13.1. The number of amides is 2. The molecule has 0 saturated heterocycles. The fraction of sp³-hybridized carbons (Fsp3) is 0.174. The molecule has 2 amide bonds. The summed E-state index contributed by atoms with van der Waals surface area (Å²) in [5.41, 5.74) is 2.33. The molecule has 30 heavy (non-hydrogen) atoms. The van der Waals surface area contributed by atoms with E-state index >= 15 is 0 Å². The van der Waals surface area contributed by atoms with Crippen LogP contribution in [0.1, 0.15) is 6.92 Å². The summed E-state index contributed by atoms with van der Waals surface area (Å²) in [6.45, 7) is 5.51. The van der Waals surface area contributed by atoms with Gasteiger partial charge < -0.3 is 19.4 Å². The van der Waals surface area contributed by atoms with Crippen LogP contribution in [0.15, 0.2) is 77.6 Å². The second-order valence-electron chi connectivity index (χ2n) is 6.78. The van der Waals surface area contributed by atoms with Gasteiger partial charge in [0.25, 0.3) is 0 Å². The smallest absolute Gasteiger partial charge is 0.243 e. The Hall–Kier alpha value is -3.87. The van der Waals surface area contributed by atoms with Gasteiger partial charge in [0.2, 0.25) is 17.7 Å². The number of nitrogens with zero attached hydrogens (tertiary/aromatic N) is 2. The van der Waals surface area contributed by atoms with E-state index in [1.54, 1.807) is 69.7 Å². The zero-order valence-electron chi connectivity index (χ0n) is 17.1. The Balaban J connectivity index is 1.78. The van der Waals surface area contributed by atoms with E-state index in [-0.39, 0.29) is 5.91 Å². The molecule has 0 spiro atoms. The second-order valence-corrected chi connectivity index (χ2v) is 6.78. The molecule has 0 bridgehead atoms. The van der Waals surface area contributed by atoms with Gasteiger partial charge in [0, 0.05) is 24.0 Å². The summed E-state index contributed by atoms with van der Waals surface area (Å²) in [7, 11) is 3.19. The molecule has 1 N–H and O–H groups in total. The van der Waals surface area contributed by atoms with Crippen molar-refractivity contribution in [3.63, 3.8) is 0 Å². The number of nitrogens with one attached hydrogen (secondary N) is 1. The number of anilines is 2. The molecule has 0 saturated carbocycles. The van der Waals surface area contributed by atoms with Crippen LogP contribution in [0.2, 0.25) is 0 Å². The molecule has 7 heteroatoms. The van der Waals surface area contributed by atoms with E-state index in [2.05, 4.69) is 16.9 Å². The molecule has 154 valence electrons. The topological polar surface area (TPSA) is 84.7 Å². The van der Waals surface area contributed by atoms with Crippen molar-refractivity contribution in [1.29, 1.82) is 0 Å².